The predicted octanol–water partition coefficient (Wildman–Crippen LogP) is 1.33. The Morgan fingerprint density at radius 1 is 1.24 bits per heavy atom. The number of ether oxygens (including phenoxy) is 1. The fourth-order valence-corrected chi connectivity index (χ4v) is 3.11. The van der Waals surface area contributed by atoms with E-state index in [4.69, 9.17) is 4.74 Å². The number of para-hydroxylation sites is 2. The first-order valence-electron chi connectivity index (χ1n) is 8.52. The molecule has 3 rings (SSSR count). The number of piperazine rings is 1. The summed E-state index contributed by atoms with van der Waals surface area (Å²) in [4.78, 5) is 13.4. The van der Waals surface area contributed by atoms with Gasteiger partial charge >= 0.3 is 0 Å². The molecule has 0 radical (unpaired) electrons. The van der Waals surface area contributed by atoms with Crippen LogP contribution in [0.4, 0.5) is 5.69 Å². The third kappa shape index (κ3) is 3.87. The molecule has 1 N–H and O–H groups in total. The van der Waals surface area contributed by atoms with Crippen molar-refractivity contribution >= 4 is 11.6 Å². The molecule has 1 fully saturated rings. The molecule has 1 aromatic carbocycles. The summed E-state index contributed by atoms with van der Waals surface area (Å²) in [7, 11) is 5.55. The van der Waals surface area contributed by atoms with Gasteiger partial charge in [-0.1, -0.05) is 12.1 Å². The zero-order chi connectivity index (χ0) is 17.6. The summed E-state index contributed by atoms with van der Waals surface area (Å²) in [6.45, 7) is 4.37. The molecule has 7 heteroatoms. The van der Waals surface area contributed by atoms with Crippen LogP contribution in [0.5, 0.6) is 5.75 Å². The van der Waals surface area contributed by atoms with Gasteiger partial charge in [-0.25, -0.2) is 4.98 Å². The number of methoxy groups -OCH3 is 1. The van der Waals surface area contributed by atoms with Crippen molar-refractivity contribution in [2.45, 2.75) is 6.54 Å². The monoisotopic (exact) mass is 342 g/mol. The maximum atomic E-state index is 5.48. The summed E-state index contributed by atoms with van der Waals surface area (Å²) in [5.41, 5.74) is 1.15. The lowest BCUT2D eigenvalue weighted by Crippen LogP contribution is -2.52. The average molecular weight is 342 g/mol. The number of aryl methyl sites for hydroxylation is 1. The number of nitrogens with one attached hydrogen (secondary N) is 1. The van der Waals surface area contributed by atoms with E-state index >= 15 is 0 Å². The number of hydrogen-bond acceptors (Lipinski definition) is 4. The molecule has 25 heavy (non-hydrogen) atoms. The summed E-state index contributed by atoms with van der Waals surface area (Å²) in [6, 6.07) is 8.18. The zero-order valence-electron chi connectivity index (χ0n) is 15.1. The van der Waals surface area contributed by atoms with Crippen molar-refractivity contribution in [3.8, 4) is 5.75 Å². The highest BCUT2D eigenvalue weighted by Gasteiger charge is 2.21. The number of rotatable bonds is 4. The normalized spacial score (nSPS) is 15.4. The van der Waals surface area contributed by atoms with Crippen LogP contribution in [0.15, 0.2) is 41.7 Å². The van der Waals surface area contributed by atoms with Gasteiger partial charge in [-0.2, -0.15) is 0 Å². The average Bonchev–Trinajstić information content (AvgIpc) is 3.07. The van der Waals surface area contributed by atoms with Crippen LogP contribution in [0, 0.1) is 0 Å². The molecule has 0 atom stereocenters. The molecular formula is C18H26N6O. The quantitative estimate of drug-likeness (QED) is 0.671. The molecule has 7 nitrogen and oxygen atoms in total. The number of aliphatic imine (C=N–C) groups is 1. The van der Waals surface area contributed by atoms with Crippen LogP contribution in [-0.2, 0) is 13.6 Å². The van der Waals surface area contributed by atoms with E-state index in [1.165, 1.54) is 0 Å². The van der Waals surface area contributed by atoms with E-state index in [1.54, 1.807) is 7.11 Å². The SMILES string of the molecule is CN=C(NCc1nccn1C)N1CCN(c2ccccc2OC)CC1. The first-order valence-corrected chi connectivity index (χ1v) is 8.52. The fourth-order valence-electron chi connectivity index (χ4n) is 3.11. The largest absolute Gasteiger partial charge is 0.495 e. The number of nitrogens with zero attached hydrogens (tertiary/aromatic N) is 5. The predicted molar refractivity (Wildman–Crippen MR) is 100 cm³/mol. The van der Waals surface area contributed by atoms with Crippen molar-refractivity contribution in [1.82, 2.24) is 19.8 Å². The third-order valence-electron chi connectivity index (χ3n) is 4.54. The fraction of sp³-hybridized carbons (Fsp3) is 0.444. The van der Waals surface area contributed by atoms with Crippen LogP contribution in [-0.4, -0.2) is 60.7 Å². The summed E-state index contributed by atoms with van der Waals surface area (Å²) in [5.74, 6) is 2.84. The Labute approximate surface area is 148 Å². The summed E-state index contributed by atoms with van der Waals surface area (Å²) >= 11 is 0. The zero-order valence-corrected chi connectivity index (χ0v) is 15.1. The second-order valence-electron chi connectivity index (χ2n) is 6.00. The molecule has 1 aromatic heterocycles. The number of aromatic nitrogens is 2. The first kappa shape index (κ1) is 17.1. The minimum atomic E-state index is 0.670. The minimum Gasteiger partial charge on any atom is -0.495 e. The molecule has 134 valence electrons. The smallest absolute Gasteiger partial charge is 0.194 e. The topological polar surface area (TPSA) is 57.9 Å². The van der Waals surface area contributed by atoms with E-state index < -0.39 is 0 Å². The second kappa shape index (κ2) is 7.92. The highest BCUT2D eigenvalue weighted by molar-refractivity contribution is 5.80. The van der Waals surface area contributed by atoms with E-state index in [2.05, 4.69) is 37.2 Å². The minimum absolute atomic E-state index is 0.670. The standard InChI is InChI=1S/C18H26N6O/c1-19-18(21-14-17-20-8-9-22(17)2)24-12-10-23(11-13-24)15-6-4-5-7-16(15)25-3/h4-9H,10-14H2,1-3H3,(H,19,21). The van der Waals surface area contributed by atoms with Gasteiger partial charge in [-0.05, 0) is 12.1 Å². The van der Waals surface area contributed by atoms with Crippen molar-refractivity contribution in [1.29, 1.82) is 0 Å². The summed E-state index contributed by atoms with van der Waals surface area (Å²) in [6.07, 6.45) is 3.76. The van der Waals surface area contributed by atoms with Gasteiger partial charge in [-0.3, -0.25) is 4.99 Å². The van der Waals surface area contributed by atoms with Crippen LogP contribution < -0.4 is 15.0 Å². The van der Waals surface area contributed by atoms with Gasteiger partial charge in [0, 0.05) is 52.7 Å². The lowest BCUT2D eigenvalue weighted by molar-refractivity contribution is 0.366. The van der Waals surface area contributed by atoms with Crippen molar-refractivity contribution in [2.24, 2.45) is 12.0 Å². The Kier molecular flexibility index (Phi) is 5.42. The molecule has 2 heterocycles. The Morgan fingerprint density at radius 3 is 2.64 bits per heavy atom. The van der Waals surface area contributed by atoms with Crippen molar-refractivity contribution in [3.05, 3.63) is 42.5 Å². The van der Waals surface area contributed by atoms with Crippen LogP contribution in [0.25, 0.3) is 0 Å². The van der Waals surface area contributed by atoms with Gasteiger partial charge < -0.3 is 24.4 Å². The number of guanidine groups is 1. The summed E-state index contributed by atoms with van der Waals surface area (Å²) in [5, 5.41) is 3.41. The molecule has 0 bridgehead atoms. The van der Waals surface area contributed by atoms with Gasteiger partial charge in [0.05, 0.1) is 19.3 Å². The molecule has 0 unspecified atom stereocenters. The molecular weight excluding hydrogens is 316 g/mol. The lowest BCUT2D eigenvalue weighted by Gasteiger charge is -2.38. The number of hydrogen-bond donors (Lipinski definition) is 1. The van der Waals surface area contributed by atoms with E-state index in [0.717, 1.165) is 49.4 Å². The van der Waals surface area contributed by atoms with E-state index in [9.17, 15) is 0 Å². The van der Waals surface area contributed by atoms with Gasteiger partial charge in [0.15, 0.2) is 5.96 Å². The highest BCUT2D eigenvalue weighted by atomic mass is 16.5. The molecule has 0 amide bonds. The summed E-state index contributed by atoms with van der Waals surface area (Å²) < 4.78 is 7.50. The molecule has 1 saturated heterocycles. The first-order chi connectivity index (χ1) is 12.2. The van der Waals surface area contributed by atoms with Crippen molar-refractivity contribution in [2.75, 3.05) is 45.2 Å². The van der Waals surface area contributed by atoms with Gasteiger partial charge in [0.25, 0.3) is 0 Å². The number of anilines is 1. The van der Waals surface area contributed by atoms with Gasteiger partial charge in [-0.15, -0.1) is 0 Å². The van der Waals surface area contributed by atoms with E-state index in [-0.39, 0.29) is 0 Å². The number of imidazole rings is 1. The van der Waals surface area contributed by atoms with Crippen molar-refractivity contribution < 1.29 is 4.74 Å². The van der Waals surface area contributed by atoms with Crippen LogP contribution >= 0.6 is 0 Å². The molecule has 0 aliphatic carbocycles. The van der Waals surface area contributed by atoms with Crippen molar-refractivity contribution in [3.63, 3.8) is 0 Å². The number of benzene rings is 1. The maximum absolute atomic E-state index is 5.48. The lowest BCUT2D eigenvalue weighted by atomic mass is 10.2. The Balaban J connectivity index is 1.58. The van der Waals surface area contributed by atoms with E-state index in [0.29, 0.717) is 6.54 Å². The molecule has 0 saturated carbocycles. The van der Waals surface area contributed by atoms with Crippen LogP contribution in [0.3, 0.4) is 0 Å². The molecule has 2 aromatic rings. The Hall–Kier alpha value is -2.70. The molecule has 0 spiro atoms. The Bertz CT molecular complexity index is 718. The molecule has 1 aliphatic heterocycles. The third-order valence-corrected chi connectivity index (χ3v) is 4.54. The van der Waals surface area contributed by atoms with Gasteiger partial charge in [0.1, 0.15) is 11.6 Å². The molecule has 1 aliphatic rings. The van der Waals surface area contributed by atoms with Gasteiger partial charge in [0.2, 0.25) is 0 Å². The van der Waals surface area contributed by atoms with Crippen LogP contribution in [0.1, 0.15) is 5.82 Å². The van der Waals surface area contributed by atoms with E-state index in [1.807, 2.05) is 43.2 Å². The van der Waals surface area contributed by atoms with Crippen LogP contribution in [0.2, 0.25) is 0 Å². The Morgan fingerprint density at radius 2 is 2.00 bits per heavy atom. The maximum Gasteiger partial charge on any atom is 0.194 e. The highest BCUT2D eigenvalue weighted by Crippen LogP contribution is 2.28. The second-order valence-corrected chi connectivity index (χ2v) is 6.00.